The van der Waals surface area contributed by atoms with Crippen LogP contribution in [0.5, 0.6) is 0 Å². The fourth-order valence-corrected chi connectivity index (χ4v) is 3.72. The molecule has 0 bridgehead atoms. The summed E-state index contributed by atoms with van der Waals surface area (Å²) >= 11 is 0. The summed E-state index contributed by atoms with van der Waals surface area (Å²) < 4.78 is 12.9. The van der Waals surface area contributed by atoms with Gasteiger partial charge in [0.25, 0.3) is 0 Å². The fraction of sp³-hybridized carbons (Fsp3) is 0.304. The number of carboxylic acids is 2. The number of carboxylic acid groups (broad SMARTS) is 2. The SMILES string of the molecule is FC1CN(CCC=C2c3ccccc3CCc3ccccc32)C1.O=C(O)C(=O)O. The number of nitrogens with zero attached hydrogens (tertiary/aromatic N) is 1. The van der Waals surface area contributed by atoms with Gasteiger partial charge < -0.3 is 10.2 Å². The fourth-order valence-electron chi connectivity index (χ4n) is 3.72. The van der Waals surface area contributed by atoms with E-state index in [4.69, 9.17) is 19.8 Å². The van der Waals surface area contributed by atoms with E-state index in [0.29, 0.717) is 13.1 Å². The van der Waals surface area contributed by atoms with Crippen molar-refractivity contribution in [2.24, 2.45) is 0 Å². The Bertz CT molecular complexity index is 857. The van der Waals surface area contributed by atoms with Crippen molar-refractivity contribution in [1.29, 1.82) is 0 Å². The molecular weight excluding hydrogens is 373 g/mol. The molecule has 1 fully saturated rings. The molecule has 1 saturated heterocycles. The molecule has 1 aliphatic carbocycles. The lowest BCUT2D eigenvalue weighted by Gasteiger charge is -2.33. The van der Waals surface area contributed by atoms with Gasteiger partial charge in [-0.1, -0.05) is 54.6 Å². The second kappa shape index (κ2) is 9.47. The van der Waals surface area contributed by atoms with Crippen LogP contribution in [0.2, 0.25) is 0 Å². The molecule has 29 heavy (non-hydrogen) atoms. The maximum atomic E-state index is 12.9. The van der Waals surface area contributed by atoms with Crippen LogP contribution in [-0.4, -0.2) is 52.9 Å². The molecule has 2 aromatic rings. The number of likely N-dealkylation sites (tertiary alicyclic amines) is 1. The molecule has 0 unspecified atom stereocenters. The van der Waals surface area contributed by atoms with E-state index in [1.54, 1.807) is 0 Å². The summed E-state index contributed by atoms with van der Waals surface area (Å²) in [5.74, 6) is -3.65. The summed E-state index contributed by atoms with van der Waals surface area (Å²) in [6.45, 7) is 2.17. The topological polar surface area (TPSA) is 77.8 Å². The molecule has 4 rings (SSSR count). The molecule has 0 spiro atoms. The normalized spacial score (nSPS) is 15.7. The summed E-state index contributed by atoms with van der Waals surface area (Å²) in [4.78, 5) is 20.4. The summed E-state index contributed by atoms with van der Waals surface area (Å²) in [7, 11) is 0. The second-order valence-corrected chi connectivity index (χ2v) is 7.19. The second-order valence-electron chi connectivity index (χ2n) is 7.19. The first-order valence-corrected chi connectivity index (χ1v) is 9.65. The van der Waals surface area contributed by atoms with Crippen LogP contribution in [0.15, 0.2) is 54.6 Å². The van der Waals surface area contributed by atoms with Gasteiger partial charge in [0, 0.05) is 19.6 Å². The number of benzene rings is 2. The van der Waals surface area contributed by atoms with Gasteiger partial charge in [0.2, 0.25) is 0 Å². The molecule has 1 aliphatic heterocycles. The lowest BCUT2D eigenvalue weighted by molar-refractivity contribution is -0.159. The molecule has 5 nitrogen and oxygen atoms in total. The quantitative estimate of drug-likeness (QED) is 0.776. The van der Waals surface area contributed by atoms with Crippen LogP contribution in [0, 0.1) is 0 Å². The maximum absolute atomic E-state index is 12.9. The van der Waals surface area contributed by atoms with Crippen molar-refractivity contribution < 1.29 is 24.2 Å². The molecule has 152 valence electrons. The number of carbonyl (C=O) groups is 2. The Morgan fingerprint density at radius 1 is 0.931 bits per heavy atom. The predicted octanol–water partition coefficient (Wildman–Crippen LogP) is 3.42. The first-order chi connectivity index (χ1) is 14.0. The Labute approximate surface area is 169 Å². The Morgan fingerprint density at radius 2 is 1.41 bits per heavy atom. The molecule has 0 atom stereocenters. The number of hydrogen-bond acceptors (Lipinski definition) is 3. The lowest BCUT2D eigenvalue weighted by Crippen LogP contribution is -2.48. The van der Waals surface area contributed by atoms with Gasteiger partial charge >= 0.3 is 11.9 Å². The first kappa shape index (κ1) is 20.7. The van der Waals surface area contributed by atoms with Gasteiger partial charge in [-0.25, -0.2) is 14.0 Å². The minimum atomic E-state index is -1.82. The Kier molecular flexibility index (Phi) is 6.77. The van der Waals surface area contributed by atoms with Crippen molar-refractivity contribution in [3.8, 4) is 0 Å². The van der Waals surface area contributed by atoms with Gasteiger partial charge in [0.1, 0.15) is 6.17 Å². The van der Waals surface area contributed by atoms with Crippen LogP contribution >= 0.6 is 0 Å². The number of halogens is 1. The number of alkyl halides is 1. The van der Waals surface area contributed by atoms with E-state index in [1.165, 1.54) is 27.8 Å². The van der Waals surface area contributed by atoms with Crippen molar-refractivity contribution in [2.75, 3.05) is 19.6 Å². The van der Waals surface area contributed by atoms with E-state index < -0.39 is 18.1 Å². The van der Waals surface area contributed by atoms with Gasteiger partial charge in [0.05, 0.1) is 0 Å². The van der Waals surface area contributed by atoms with Crippen molar-refractivity contribution in [3.63, 3.8) is 0 Å². The zero-order valence-corrected chi connectivity index (χ0v) is 16.1. The highest BCUT2D eigenvalue weighted by Gasteiger charge is 2.25. The summed E-state index contributed by atoms with van der Waals surface area (Å²) in [6.07, 6.45) is 4.92. The van der Waals surface area contributed by atoms with Crippen LogP contribution in [0.4, 0.5) is 4.39 Å². The van der Waals surface area contributed by atoms with Crippen molar-refractivity contribution >= 4 is 17.5 Å². The van der Waals surface area contributed by atoms with Crippen LogP contribution in [0.1, 0.15) is 28.7 Å². The molecule has 2 N–H and O–H groups in total. The maximum Gasteiger partial charge on any atom is 0.414 e. The molecule has 2 aliphatic rings. The minimum Gasteiger partial charge on any atom is -0.473 e. The molecule has 0 radical (unpaired) electrons. The van der Waals surface area contributed by atoms with Crippen molar-refractivity contribution in [3.05, 3.63) is 76.9 Å². The third-order valence-electron chi connectivity index (χ3n) is 5.17. The largest absolute Gasteiger partial charge is 0.473 e. The zero-order valence-electron chi connectivity index (χ0n) is 16.1. The first-order valence-electron chi connectivity index (χ1n) is 9.65. The Balaban J connectivity index is 0.000000353. The van der Waals surface area contributed by atoms with Crippen LogP contribution in [-0.2, 0) is 22.4 Å². The molecule has 0 amide bonds. The average Bonchev–Trinajstić information content (AvgIpc) is 2.84. The van der Waals surface area contributed by atoms with E-state index in [9.17, 15) is 4.39 Å². The van der Waals surface area contributed by atoms with Gasteiger partial charge in [-0.3, -0.25) is 4.90 Å². The third-order valence-corrected chi connectivity index (χ3v) is 5.17. The molecule has 0 saturated carbocycles. The standard InChI is InChI=1S/C21H22FN.C2H2O4/c22-18-14-23(15-18)13-5-10-21-19-8-3-1-6-16(19)11-12-17-7-2-4-9-20(17)21;3-1(4)2(5)6/h1-4,6-10,18H,5,11-15H2;(H,3,4)(H,5,6). The minimum absolute atomic E-state index is 0.607. The number of fused-ring (bicyclic) bond motifs is 2. The summed E-state index contributed by atoms with van der Waals surface area (Å²) in [5, 5.41) is 14.8. The van der Waals surface area contributed by atoms with Gasteiger partial charge in [-0.15, -0.1) is 0 Å². The van der Waals surface area contributed by atoms with E-state index in [-0.39, 0.29) is 0 Å². The van der Waals surface area contributed by atoms with Crippen LogP contribution < -0.4 is 0 Å². The van der Waals surface area contributed by atoms with Crippen LogP contribution in [0.25, 0.3) is 5.57 Å². The van der Waals surface area contributed by atoms with E-state index in [0.717, 1.165) is 25.8 Å². The smallest absolute Gasteiger partial charge is 0.414 e. The highest BCUT2D eigenvalue weighted by atomic mass is 19.1. The van der Waals surface area contributed by atoms with Gasteiger partial charge in [-0.2, -0.15) is 0 Å². The average molecular weight is 397 g/mol. The molecule has 6 heteroatoms. The Hall–Kier alpha value is -2.99. The summed E-state index contributed by atoms with van der Waals surface area (Å²) in [5.41, 5.74) is 6.95. The van der Waals surface area contributed by atoms with E-state index in [2.05, 4.69) is 59.5 Å². The molecule has 2 aromatic carbocycles. The third kappa shape index (κ3) is 5.29. The lowest BCUT2D eigenvalue weighted by atomic mass is 9.93. The number of rotatable bonds is 3. The Morgan fingerprint density at radius 3 is 1.86 bits per heavy atom. The van der Waals surface area contributed by atoms with Crippen molar-refractivity contribution in [1.82, 2.24) is 4.90 Å². The number of hydrogen-bond donors (Lipinski definition) is 2. The van der Waals surface area contributed by atoms with Gasteiger partial charge in [-0.05, 0) is 47.1 Å². The molecule has 1 heterocycles. The van der Waals surface area contributed by atoms with Crippen molar-refractivity contribution in [2.45, 2.75) is 25.4 Å². The predicted molar refractivity (Wildman–Crippen MR) is 109 cm³/mol. The monoisotopic (exact) mass is 397 g/mol. The highest BCUT2D eigenvalue weighted by molar-refractivity contribution is 6.27. The van der Waals surface area contributed by atoms with Gasteiger partial charge in [0.15, 0.2) is 0 Å². The van der Waals surface area contributed by atoms with E-state index in [1.807, 2.05) is 0 Å². The summed E-state index contributed by atoms with van der Waals surface area (Å²) in [6, 6.07) is 17.5. The molecular formula is C23H24FNO4. The molecule has 0 aromatic heterocycles. The number of aryl methyl sites for hydroxylation is 2. The number of aliphatic carboxylic acids is 2. The van der Waals surface area contributed by atoms with E-state index >= 15 is 0 Å². The zero-order chi connectivity index (χ0) is 20.8. The van der Waals surface area contributed by atoms with Crippen LogP contribution in [0.3, 0.4) is 0 Å². The highest BCUT2D eigenvalue weighted by Crippen LogP contribution is 2.33.